The van der Waals surface area contributed by atoms with Crippen LogP contribution in [0.1, 0.15) is 34.9 Å². The summed E-state index contributed by atoms with van der Waals surface area (Å²) in [6.45, 7) is 2.42. The Hall–Kier alpha value is -4.01. The summed E-state index contributed by atoms with van der Waals surface area (Å²) in [6, 6.07) is 13.6. The number of benzene rings is 1. The quantitative estimate of drug-likeness (QED) is 0.486. The number of hydrogen-bond donors (Lipinski definition) is 1. The monoisotopic (exact) mass is 429 g/mol. The molecule has 3 heterocycles. The topological polar surface area (TPSA) is 99.6 Å². The number of nitrogens with zero attached hydrogens (tertiary/aromatic N) is 6. The van der Waals surface area contributed by atoms with Gasteiger partial charge in [0.1, 0.15) is 0 Å². The highest BCUT2D eigenvalue weighted by Crippen LogP contribution is 2.36. The normalized spacial score (nSPS) is 13.3. The lowest BCUT2D eigenvalue weighted by Gasteiger charge is -2.06. The van der Waals surface area contributed by atoms with Crippen LogP contribution < -0.4 is 11.0 Å². The van der Waals surface area contributed by atoms with Crippen LogP contribution in [0.4, 0.5) is 0 Å². The summed E-state index contributed by atoms with van der Waals surface area (Å²) in [4.78, 5) is 29.8. The van der Waals surface area contributed by atoms with Crippen molar-refractivity contribution in [2.45, 2.75) is 32.4 Å². The van der Waals surface area contributed by atoms with Crippen LogP contribution in [0.25, 0.3) is 17.1 Å². The zero-order valence-electron chi connectivity index (χ0n) is 17.7. The zero-order chi connectivity index (χ0) is 22.1. The Bertz CT molecular complexity index is 1300. The fourth-order valence-corrected chi connectivity index (χ4v) is 3.75. The van der Waals surface area contributed by atoms with Gasteiger partial charge in [0.25, 0.3) is 5.91 Å². The molecule has 5 rings (SSSR count). The fraction of sp³-hybridized carbons (Fsp3) is 0.261. The number of pyridine rings is 1. The van der Waals surface area contributed by atoms with Crippen LogP contribution >= 0.6 is 0 Å². The molecular weight excluding hydrogens is 406 g/mol. The van der Waals surface area contributed by atoms with E-state index in [0.717, 1.165) is 29.8 Å². The summed E-state index contributed by atoms with van der Waals surface area (Å²) >= 11 is 0. The van der Waals surface area contributed by atoms with Gasteiger partial charge >= 0.3 is 5.69 Å². The van der Waals surface area contributed by atoms with Gasteiger partial charge in [-0.05, 0) is 44.0 Å². The molecule has 1 aliphatic rings. The van der Waals surface area contributed by atoms with E-state index in [1.807, 2.05) is 49.4 Å². The average Bonchev–Trinajstić information content (AvgIpc) is 3.51. The van der Waals surface area contributed by atoms with Gasteiger partial charge in [0, 0.05) is 30.5 Å². The predicted octanol–water partition coefficient (Wildman–Crippen LogP) is 2.37. The molecule has 0 radical (unpaired) electrons. The van der Waals surface area contributed by atoms with Gasteiger partial charge in [-0.3, -0.25) is 14.3 Å². The molecule has 9 heteroatoms. The molecule has 3 aromatic heterocycles. The standard InChI is InChI=1S/C23H23N7O2/c1-16-20(15-26-30(16)19-7-3-2-4-8-19)22(31)25-12-13-28-23(32)29(18-9-10-18)21(27-28)17-6-5-11-24-14-17/h2-8,11,14-15,18H,9-10,12-13H2,1H3,(H,25,31). The Morgan fingerprint density at radius 1 is 1.12 bits per heavy atom. The van der Waals surface area contributed by atoms with E-state index in [0.29, 0.717) is 11.4 Å². The van der Waals surface area contributed by atoms with Gasteiger partial charge in [-0.15, -0.1) is 5.10 Å². The van der Waals surface area contributed by atoms with Gasteiger partial charge in [0.05, 0.1) is 29.7 Å². The molecule has 1 fully saturated rings. The van der Waals surface area contributed by atoms with Crippen LogP contribution in [0.3, 0.4) is 0 Å². The Morgan fingerprint density at radius 3 is 2.66 bits per heavy atom. The van der Waals surface area contributed by atoms with Crippen molar-refractivity contribution in [3.05, 3.63) is 82.8 Å². The highest BCUT2D eigenvalue weighted by Gasteiger charge is 2.30. The van der Waals surface area contributed by atoms with Crippen LogP contribution in [0.2, 0.25) is 0 Å². The number of amides is 1. The molecule has 1 N–H and O–H groups in total. The summed E-state index contributed by atoms with van der Waals surface area (Å²) in [5.41, 5.74) is 2.80. The minimum Gasteiger partial charge on any atom is -0.350 e. The van der Waals surface area contributed by atoms with Crippen LogP contribution in [-0.2, 0) is 6.54 Å². The summed E-state index contributed by atoms with van der Waals surface area (Å²) in [5.74, 6) is 0.392. The Balaban J connectivity index is 1.30. The van der Waals surface area contributed by atoms with E-state index in [1.165, 1.54) is 4.68 Å². The lowest BCUT2D eigenvalue weighted by molar-refractivity contribution is 0.0951. The molecule has 0 aliphatic heterocycles. The molecular formula is C23H23N7O2. The molecule has 1 aromatic carbocycles. The largest absolute Gasteiger partial charge is 0.350 e. The van der Waals surface area contributed by atoms with Crippen molar-refractivity contribution >= 4 is 5.91 Å². The maximum atomic E-state index is 12.9. The first-order chi connectivity index (χ1) is 15.6. The van der Waals surface area contributed by atoms with Gasteiger partial charge in [-0.1, -0.05) is 18.2 Å². The Labute approximate surface area is 184 Å². The minimum absolute atomic E-state index is 0.159. The second-order valence-electron chi connectivity index (χ2n) is 7.82. The van der Waals surface area contributed by atoms with Gasteiger partial charge in [-0.2, -0.15) is 5.10 Å². The van der Waals surface area contributed by atoms with Gasteiger partial charge in [0.15, 0.2) is 5.82 Å². The number of carbonyl (C=O) groups excluding carboxylic acids is 1. The first-order valence-corrected chi connectivity index (χ1v) is 10.6. The SMILES string of the molecule is Cc1c(C(=O)NCCn2nc(-c3cccnc3)n(C3CC3)c2=O)cnn1-c1ccccc1. The van der Waals surface area contributed by atoms with E-state index in [1.54, 1.807) is 27.8 Å². The van der Waals surface area contributed by atoms with Crippen LogP contribution in [0, 0.1) is 6.92 Å². The second kappa shape index (κ2) is 8.26. The highest BCUT2D eigenvalue weighted by molar-refractivity contribution is 5.95. The molecule has 1 saturated carbocycles. The maximum Gasteiger partial charge on any atom is 0.346 e. The van der Waals surface area contributed by atoms with Gasteiger partial charge in [0.2, 0.25) is 0 Å². The second-order valence-corrected chi connectivity index (χ2v) is 7.82. The van der Waals surface area contributed by atoms with Gasteiger partial charge in [-0.25, -0.2) is 14.2 Å². The van der Waals surface area contributed by atoms with E-state index in [-0.39, 0.29) is 30.7 Å². The third kappa shape index (κ3) is 3.73. The highest BCUT2D eigenvalue weighted by atomic mass is 16.2. The van der Waals surface area contributed by atoms with Crippen molar-refractivity contribution < 1.29 is 4.79 Å². The molecule has 0 unspecified atom stereocenters. The molecule has 1 aliphatic carbocycles. The molecule has 32 heavy (non-hydrogen) atoms. The summed E-state index contributed by atoms with van der Waals surface area (Å²) in [6.07, 6.45) is 6.91. The third-order valence-corrected chi connectivity index (χ3v) is 5.57. The smallest absolute Gasteiger partial charge is 0.346 e. The van der Waals surface area contributed by atoms with Gasteiger partial charge < -0.3 is 5.32 Å². The molecule has 4 aromatic rings. The van der Waals surface area contributed by atoms with E-state index in [4.69, 9.17) is 0 Å². The molecule has 0 atom stereocenters. The van der Waals surface area contributed by atoms with Crippen molar-refractivity contribution in [3.8, 4) is 17.1 Å². The van der Waals surface area contributed by atoms with Crippen molar-refractivity contribution in [3.63, 3.8) is 0 Å². The van der Waals surface area contributed by atoms with E-state index in [2.05, 4.69) is 20.5 Å². The number of carbonyl (C=O) groups is 1. The molecule has 0 bridgehead atoms. The molecule has 162 valence electrons. The summed E-state index contributed by atoms with van der Waals surface area (Å²) in [5, 5.41) is 11.8. The average molecular weight is 429 g/mol. The number of aromatic nitrogens is 6. The third-order valence-electron chi connectivity index (χ3n) is 5.57. The molecule has 0 saturated heterocycles. The van der Waals surface area contributed by atoms with Crippen LogP contribution in [-0.4, -0.2) is 41.6 Å². The zero-order valence-corrected chi connectivity index (χ0v) is 17.7. The van der Waals surface area contributed by atoms with Crippen molar-refractivity contribution in [2.24, 2.45) is 0 Å². The molecule has 9 nitrogen and oxygen atoms in total. The molecule has 1 amide bonds. The maximum absolute atomic E-state index is 12.9. The lowest BCUT2D eigenvalue weighted by atomic mass is 10.2. The van der Waals surface area contributed by atoms with Crippen molar-refractivity contribution in [1.29, 1.82) is 0 Å². The van der Waals surface area contributed by atoms with E-state index >= 15 is 0 Å². The fourth-order valence-electron chi connectivity index (χ4n) is 3.75. The number of rotatable bonds is 7. The summed E-state index contributed by atoms with van der Waals surface area (Å²) in [7, 11) is 0. The first-order valence-electron chi connectivity index (χ1n) is 10.6. The summed E-state index contributed by atoms with van der Waals surface area (Å²) < 4.78 is 4.89. The van der Waals surface area contributed by atoms with E-state index < -0.39 is 0 Å². The minimum atomic E-state index is -0.230. The van der Waals surface area contributed by atoms with Crippen LogP contribution in [0.15, 0.2) is 65.8 Å². The first kappa shape index (κ1) is 19.9. The lowest BCUT2D eigenvalue weighted by Crippen LogP contribution is -2.32. The number of hydrogen-bond acceptors (Lipinski definition) is 5. The van der Waals surface area contributed by atoms with Crippen molar-refractivity contribution in [1.82, 2.24) is 34.4 Å². The Morgan fingerprint density at radius 2 is 1.94 bits per heavy atom. The van der Waals surface area contributed by atoms with Crippen molar-refractivity contribution in [2.75, 3.05) is 6.54 Å². The van der Waals surface area contributed by atoms with E-state index in [9.17, 15) is 9.59 Å². The van der Waals surface area contributed by atoms with Crippen LogP contribution in [0.5, 0.6) is 0 Å². The predicted molar refractivity (Wildman–Crippen MR) is 119 cm³/mol. The number of nitrogens with one attached hydrogen (secondary N) is 1. The number of para-hydroxylation sites is 1. The molecule has 0 spiro atoms. The Kier molecular flexibility index (Phi) is 5.14.